The molecule has 1 fully saturated rings. The van der Waals surface area contributed by atoms with Gasteiger partial charge in [0.25, 0.3) is 5.91 Å². The van der Waals surface area contributed by atoms with Gasteiger partial charge in [-0.1, -0.05) is 18.2 Å². The summed E-state index contributed by atoms with van der Waals surface area (Å²) in [6.45, 7) is 1.28. The first-order chi connectivity index (χ1) is 13.7. The second kappa shape index (κ2) is 8.27. The van der Waals surface area contributed by atoms with Gasteiger partial charge in [-0.15, -0.1) is 0 Å². The van der Waals surface area contributed by atoms with E-state index in [1.165, 1.54) is 0 Å². The summed E-state index contributed by atoms with van der Waals surface area (Å²) in [7, 11) is 1.63. The number of rotatable bonds is 6. The largest absolute Gasteiger partial charge is 0.497 e. The van der Waals surface area contributed by atoms with E-state index in [1.807, 2.05) is 54.6 Å². The molecule has 0 unspecified atom stereocenters. The van der Waals surface area contributed by atoms with Crippen LogP contribution in [-0.4, -0.2) is 42.1 Å². The summed E-state index contributed by atoms with van der Waals surface area (Å²) >= 11 is 0. The Balaban J connectivity index is 1.65. The topological polar surface area (TPSA) is 65.4 Å². The Kier molecular flexibility index (Phi) is 5.39. The van der Waals surface area contributed by atoms with Gasteiger partial charge in [0, 0.05) is 24.9 Å². The van der Waals surface area contributed by atoms with Gasteiger partial charge in [0.15, 0.2) is 0 Å². The smallest absolute Gasteiger partial charge is 0.255 e. The van der Waals surface area contributed by atoms with Crippen molar-refractivity contribution in [3.8, 4) is 22.7 Å². The van der Waals surface area contributed by atoms with Crippen LogP contribution in [0, 0.1) is 0 Å². The summed E-state index contributed by atoms with van der Waals surface area (Å²) in [6.07, 6.45) is 3.90. The Labute approximate surface area is 164 Å². The normalized spacial score (nSPS) is 16.1. The first kappa shape index (κ1) is 18.3. The second-order valence-corrected chi connectivity index (χ2v) is 6.75. The number of carbonyl (C=O) groups excluding carboxylic acids is 1. The highest BCUT2D eigenvalue weighted by atomic mass is 16.5. The van der Waals surface area contributed by atoms with E-state index in [1.54, 1.807) is 18.0 Å². The summed E-state index contributed by atoms with van der Waals surface area (Å²) in [5.41, 5.74) is 2.93. The SMILES string of the molecule is COc1ccc(-c2nn(-c3ccccc3)cc2C(=O)NC[C@@H]2CCCO2)cc1. The van der Waals surface area contributed by atoms with E-state index in [2.05, 4.69) is 5.32 Å². The molecule has 1 amide bonds. The lowest BCUT2D eigenvalue weighted by Gasteiger charge is -2.10. The van der Waals surface area contributed by atoms with Crippen LogP contribution in [0.4, 0.5) is 0 Å². The van der Waals surface area contributed by atoms with E-state index >= 15 is 0 Å². The zero-order chi connectivity index (χ0) is 19.3. The average Bonchev–Trinajstić information content (AvgIpc) is 3.43. The van der Waals surface area contributed by atoms with Crippen LogP contribution >= 0.6 is 0 Å². The molecule has 2 aromatic carbocycles. The first-order valence-corrected chi connectivity index (χ1v) is 9.44. The number of hydrogen-bond donors (Lipinski definition) is 1. The minimum absolute atomic E-state index is 0.0950. The zero-order valence-corrected chi connectivity index (χ0v) is 15.8. The van der Waals surface area contributed by atoms with E-state index < -0.39 is 0 Å². The Morgan fingerprint density at radius 3 is 2.68 bits per heavy atom. The monoisotopic (exact) mass is 377 g/mol. The van der Waals surface area contributed by atoms with E-state index in [9.17, 15) is 4.79 Å². The predicted octanol–water partition coefficient (Wildman–Crippen LogP) is 3.46. The molecule has 0 radical (unpaired) electrons. The fourth-order valence-corrected chi connectivity index (χ4v) is 3.32. The molecule has 3 aromatic rings. The Morgan fingerprint density at radius 1 is 1.21 bits per heavy atom. The van der Waals surface area contributed by atoms with Gasteiger partial charge in [-0.3, -0.25) is 4.79 Å². The van der Waals surface area contributed by atoms with Crippen molar-refractivity contribution >= 4 is 5.91 Å². The van der Waals surface area contributed by atoms with Gasteiger partial charge in [0.05, 0.1) is 24.5 Å². The number of benzene rings is 2. The maximum absolute atomic E-state index is 12.9. The average molecular weight is 377 g/mol. The minimum Gasteiger partial charge on any atom is -0.497 e. The molecule has 0 spiro atoms. The number of hydrogen-bond acceptors (Lipinski definition) is 4. The van der Waals surface area contributed by atoms with E-state index in [0.29, 0.717) is 17.8 Å². The molecule has 0 saturated carbocycles. The number of carbonyl (C=O) groups is 1. The quantitative estimate of drug-likeness (QED) is 0.715. The molecule has 144 valence electrons. The molecule has 6 heteroatoms. The van der Waals surface area contributed by atoms with E-state index in [-0.39, 0.29) is 12.0 Å². The van der Waals surface area contributed by atoms with Crippen molar-refractivity contribution < 1.29 is 14.3 Å². The number of para-hydroxylation sites is 1. The van der Waals surface area contributed by atoms with Gasteiger partial charge < -0.3 is 14.8 Å². The van der Waals surface area contributed by atoms with Crippen molar-refractivity contribution in [2.75, 3.05) is 20.3 Å². The summed E-state index contributed by atoms with van der Waals surface area (Å²) in [5, 5.41) is 7.69. The maximum atomic E-state index is 12.9. The summed E-state index contributed by atoms with van der Waals surface area (Å²) in [4.78, 5) is 12.9. The van der Waals surface area contributed by atoms with Gasteiger partial charge in [0.1, 0.15) is 11.4 Å². The number of methoxy groups -OCH3 is 1. The van der Waals surface area contributed by atoms with Crippen LogP contribution in [0.5, 0.6) is 5.75 Å². The van der Waals surface area contributed by atoms with Crippen molar-refractivity contribution in [3.63, 3.8) is 0 Å². The molecule has 1 saturated heterocycles. The standard InChI is InChI=1S/C22H23N3O3/c1-27-18-11-9-16(10-12-18)21-20(22(26)23-14-19-8-5-13-28-19)15-25(24-21)17-6-3-2-4-7-17/h2-4,6-7,9-12,15,19H,5,8,13-14H2,1H3,(H,23,26)/t19-/m0/s1. The van der Waals surface area contributed by atoms with E-state index in [4.69, 9.17) is 14.6 Å². The molecule has 1 aliphatic heterocycles. The van der Waals surface area contributed by atoms with Crippen molar-refractivity contribution in [1.82, 2.24) is 15.1 Å². The molecule has 4 rings (SSSR count). The molecule has 1 aromatic heterocycles. The lowest BCUT2D eigenvalue weighted by molar-refractivity contribution is 0.0858. The van der Waals surface area contributed by atoms with Crippen molar-refractivity contribution in [3.05, 3.63) is 66.4 Å². The number of aromatic nitrogens is 2. The highest BCUT2D eigenvalue weighted by Crippen LogP contribution is 2.26. The van der Waals surface area contributed by atoms with Crippen LogP contribution in [0.2, 0.25) is 0 Å². The van der Waals surface area contributed by atoms with Gasteiger partial charge in [0.2, 0.25) is 0 Å². The fourth-order valence-electron chi connectivity index (χ4n) is 3.32. The summed E-state index contributed by atoms with van der Waals surface area (Å²) < 4.78 is 12.6. The van der Waals surface area contributed by atoms with Crippen LogP contribution in [0.1, 0.15) is 23.2 Å². The van der Waals surface area contributed by atoms with Crippen LogP contribution < -0.4 is 10.1 Å². The molecule has 1 atom stereocenters. The molecule has 1 N–H and O–H groups in total. The third kappa shape index (κ3) is 3.92. The molecule has 28 heavy (non-hydrogen) atoms. The second-order valence-electron chi connectivity index (χ2n) is 6.75. The fraction of sp³-hybridized carbons (Fsp3) is 0.273. The zero-order valence-electron chi connectivity index (χ0n) is 15.8. The number of nitrogens with one attached hydrogen (secondary N) is 1. The number of ether oxygens (including phenoxy) is 2. The van der Waals surface area contributed by atoms with E-state index in [0.717, 1.165) is 36.4 Å². The molecule has 1 aliphatic rings. The summed E-state index contributed by atoms with van der Waals surface area (Å²) in [6, 6.07) is 17.3. The van der Waals surface area contributed by atoms with Crippen molar-refractivity contribution in [1.29, 1.82) is 0 Å². The van der Waals surface area contributed by atoms with Crippen molar-refractivity contribution in [2.45, 2.75) is 18.9 Å². The first-order valence-electron chi connectivity index (χ1n) is 9.44. The van der Waals surface area contributed by atoms with Crippen LogP contribution in [0.25, 0.3) is 16.9 Å². The lowest BCUT2D eigenvalue weighted by Crippen LogP contribution is -2.31. The van der Waals surface area contributed by atoms with Gasteiger partial charge in [-0.05, 0) is 49.2 Å². The van der Waals surface area contributed by atoms with Gasteiger partial charge >= 0.3 is 0 Å². The molecular formula is C22H23N3O3. The predicted molar refractivity (Wildman–Crippen MR) is 107 cm³/mol. The molecule has 0 aliphatic carbocycles. The van der Waals surface area contributed by atoms with Crippen molar-refractivity contribution in [2.24, 2.45) is 0 Å². The Bertz CT molecular complexity index is 929. The lowest BCUT2D eigenvalue weighted by atomic mass is 10.1. The highest BCUT2D eigenvalue weighted by molar-refractivity contribution is 6.00. The third-order valence-corrected chi connectivity index (χ3v) is 4.86. The van der Waals surface area contributed by atoms with Gasteiger partial charge in [-0.2, -0.15) is 5.10 Å². The molecule has 2 heterocycles. The number of nitrogens with zero attached hydrogens (tertiary/aromatic N) is 2. The highest BCUT2D eigenvalue weighted by Gasteiger charge is 2.21. The summed E-state index contributed by atoms with van der Waals surface area (Å²) in [5.74, 6) is 0.610. The van der Waals surface area contributed by atoms with Crippen LogP contribution in [0.15, 0.2) is 60.8 Å². The van der Waals surface area contributed by atoms with Gasteiger partial charge in [-0.25, -0.2) is 4.68 Å². The molecule has 6 nitrogen and oxygen atoms in total. The Hall–Kier alpha value is -3.12. The van der Waals surface area contributed by atoms with Crippen LogP contribution in [-0.2, 0) is 4.74 Å². The maximum Gasteiger partial charge on any atom is 0.255 e. The van der Waals surface area contributed by atoms with Crippen LogP contribution in [0.3, 0.4) is 0 Å². The Morgan fingerprint density at radius 2 is 2.00 bits per heavy atom. The minimum atomic E-state index is -0.150. The molecular weight excluding hydrogens is 354 g/mol. The third-order valence-electron chi connectivity index (χ3n) is 4.86. The molecule has 0 bridgehead atoms. The number of amides is 1.